The van der Waals surface area contributed by atoms with Crippen molar-refractivity contribution in [2.24, 2.45) is 0 Å². The smallest absolute Gasteiger partial charge is 0.141 e. The molecule has 1 aliphatic carbocycles. The van der Waals surface area contributed by atoms with Crippen LogP contribution in [0.2, 0.25) is 0 Å². The van der Waals surface area contributed by atoms with Crippen LogP contribution in [-0.2, 0) is 11.3 Å². The summed E-state index contributed by atoms with van der Waals surface area (Å²) >= 11 is 0. The van der Waals surface area contributed by atoms with Crippen LogP contribution in [0.25, 0.3) is 0 Å². The Morgan fingerprint density at radius 3 is 3.14 bits per heavy atom. The number of hydrogen-bond acceptors (Lipinski definition) is 2. The minimum atomic E-state index is 0.117. The lowest BCUT2D eigenvalue weighted by atomic mass is 9.86. The van der Waals surface area contributed by atoms with Crippen molar-refractivity contribution < 1.29 is 4.79 Å². The quantitative estimate of drug-likeness (QED) is 0.719. The second-order valence-electron chi connectivity index (χ2n) is 3.84. The molecule has 76 valence electrons. The van der Waals surface area contributed by atoms with Crippen LogP contribution >= 0.6 is 0 Å². The van der Waals surface area contributed by atoms with Crippen molar-refractivity contribution in [1.82, 2.24) is 9.78 Å². The second kappa shape index (κ2) is 3.95. The van der Waals surface area contributed by atoms with Crippen molar-refractivity contribution in [2.75, 3.05) is 0 Å². The highest BCUT2D eigenvalue weighted by molar-refractivity contribution is 5.85. The average molecular weight is 192 g/mol. The summed E-state index contributed by atoms with van der Waals surface area (Å²) in [4.78, 5) is 11.7. The third kappa shape index (κ3) is 1.59. The Balaban J connectivity index is 2.24. The highest BCUT2D eigenvalue weighted by atomic mass is 16.1. The first-order valence-corrected chi connectivity index (χ1v) is 5.37. The van der Waals surface area contributed by atoms with E-state index in [1.54, 1.807) is 6.20 Å². The van der Waals surface area contributed by atoms with Crippen molar-refractivity contribution in [3.63, 3.8) is 0 Å². The predicted molar refractivity (Wildman–Crippen MR) is 54.1 cm³/mol. The van der Waals surface area contributed by atoms with Crippen LogP contribution in [0, 0.1) is 0 Å². The topological polar surface area (TPSA) is 34.9 Å². The molecule has 0 aliphatic heterocycles. The van der Waals surface area contributed by atoms with Crippen LogP contribution in [0.3, 0.4) is 0 Å². The summed E-state index contributed by atoms with van der Waals surface area (Å²) in [5.41, 5.74) is 1.11. The van der Waals surface area contributed by atoms with E-state index in [0.29, 0.717) is 5.78 Å². The Labute approximate surface area is 84.1 Å². The number of ketones is 1. The van der Waals surface area contributed by atoms with Gasteiger partial charge in [0.25, 0.3) is 0 Å². The molecule has 0 amide bonds. The van der Waals surface area contributed by atoms with Gasteiger partial charge in [0, 0.05) is 24.9 Å². The van der Waals surface area contributed by atoms with Gasteiger partial charge in [0.1, 0.15) is 5.78 Å². The lowest BCUT2D eigenvalue weighted by Gasteiger charge is -2.20. The zero-order chi connectivity index (χ0) is 9.97. The minimum absolute atomic E-state index is 0.117. The zero-order valence-corrected chi connectivity index (χ0v) is 8.57. The summed E-state index contributed by atoms with van der Waals surface area (Å²) in [5.74, 6) is 0.512. The summed E-state index contributed by atoms with van der Waals surface area (Å²) in [6.07, 6.45) is 5.78. The predicted octanol–water partition coefficient (Wildman–Crippen LogP) is 2.13. The molecule has 0 aromatic carbocycles. The molecule has 1 aromatic heterocycles. The molecule has 1 aliphatic rings. The summed E-state index contributed by atoms with van der Waals surface area (Å²) in [6.45, 7) is 2.91. The van der Waals surface area contributed by atoms with E-state index >= 15 is 0 Å². The van der Waals surface area contributed by atoms with Crippen LogP contribution in [0.4, 0.5) is 0 Å². The fourth-order valence-corrected chi connectivity index (χ4v) is 2.20. The fourth-order valence-electron chi connectivity index (χ4n) is 2.20. The van der Waals surface area contributed by atoms with Gasteiger partial charge in [0.2, 0.25) is 0 Å². The molecular formula is C11H16N2O. The second-order valence-corrected chi connectivity index (χ2v) is 3.84. The lowest BCUT2D eigenvalue weighted by Crippen LogP contribution is -2.20. The Kier molecular flexibility index (Phi) is 2.66. The number of carbonyl (C=O) groups is 1. The standard InChI is InChI=1S/C11H16N2O/c1-2-13-10(7-8-12-13)9-5-3-4-6-11(9)14/h7-9H,2-6H2,1H3. The molecule has 0 N–H and O–H groups in total. The lowest BCUT2D eigenvalue weighted by molar-refractivity contribution is -0.122. The number of hydrogen-bond donors (Lipinski definition) is 0. The summed E-state index contributed by atoms with van der Waals surface area (Å²) in [6, 6.07) is 1.98. The van der Waals surface area contributed by atoms with Crippen molar-refractivity contribution in [2.45, 2.75) is 45.1 Å². The Bertz CT molecular complexity index is 330. The highest BCUT2D eigenvalue weighted by Crippen LogP contribution is 2.29. The van der Waals surface area contributed by atoms with Gasteiger partial charge in [-0.15, -0.1) is 0 Å². The number of nitrogens with zero attached hydrogens (tertiary/aromatic N) is 2. The molecule has 3 heteroatoms. The van der Waals surface area contributed by atoms with Crippen LogP contribution in [0.15, 0.2) is 12.3 Å². The van der Waals surface area contributed by atoms with E-state index in [4.69, 9.17) is 0 Å². The molecule has 2 rings (SSSR count). The van der Waals surface area contributed by atoms with Crippen molar-refractivity contribution in [3.8, 4) is 0 Å². The molecule has 0 spiro atoms. The normalized spacial score (nSPS) is 22.6. The fraction of sp³-hybridized carbons (Fsp3) is 0.636. The first-order valence-electron chi connectivity index (χ1n) is 5.37. The molecule has 1 unspecified atom stereocenters. The van der Waals surface area contributed by atoms with Crippen LogP contribution < -0.4 is 0 Å². The van der Waals surface area contributed by atoms with Crippen LogP contribution in [-0.4, -0.2) is 15.6 Å². The summed E-state index contributed by atoms with van der Waals surface area (Å²) in [5, 5.41) is 4.21. The molecule has 1 saturated carbocycles. The van der Waals surface area contributed by atoms with E-state index in [1.165, 1.54) is 6.42 Å². The maximum Gasteiger partial charge on any atom is 0.141 e. The largest absolute Gasteiger partial charge is 0.299 e. The van der Waals surface area contributed by atoms with Gasteiger partial charge in [-0.2, -0.15) is 5.10 Å². The molecular weight excluding hydrogens is 176 g/mol. The van der Waals surface area contributed by atoms with Crippen molar-refractivity contribution in [3.05, 3.63) is 18.0 Å². The van der Waals surface area contributed by atoms with Gasteiger partial charge in [-0.1, -0.05) is 6.42 Å². The molecule has 14 heavy (non-hydrogen) atoms. The maximum absolute atomic E-state index is 11.7. The molecule has 1 aromatic rings. The third-order valence-electron chi connectivity index (χ3n) is 2.96. The number of rotatable bonds is 2. The number of Topliss-reactive ketones (excluding diaryl/α,β-unsaturated/α-hetero) is 1. The SMILES string of the molecule is CCn1nccc1C1CCCCC1=O. The number of carbonyl (C=O) groups excluding carboxylic acids is 1. The van der Waals surface area contributed by atoms with Crippen LogP contribution in [0.1, 0.15) is 44.2 Å². The minimum Gasteiger partial charge on any atom is -0.299 e. The van der Waals surface area contributed by atoms with Gasteiger partial charge < -0.3 is 0 Å². The van der Waals surface area contributed by atoms with E-state index in [0.717, 1.165) is 31.5 Å². The molecule has 0 radical (unpaired) electrons. The van der Waals surface area contributed by atoms with Gasteiger partial charge in [-0.3, -0.25) is 9.48 Å². The monoisotopic (exact) mass is 192 g/mol. The van der Waals surface area contributed by atoms with E-state index in [1.807, 2.05) is 10.7 Å². The molecule has 0 saturated heterocycles. The highest BCUT2D eigenvalue weighted by Gasteiger charge is 2.26. The average Bonchev–Trinajstić information content (AvgIpc) is 2.66. The first-order chi connectivity index (χ1) is 6.83. The van der Waals surface area contributed by atoms with Crippen molar-refractivity contribution >= 4 is 5.78 Å². The summed E-state index contributed by atoms with van der Waals surface area (Å²) in [7, 11) is 0. The van der Waals surface area contributed by atoms with Gasteiger partial charge in [0.15, 0.2) is 0 Å². The van der Waals surface area contributed by atoms with Gasteiger partial charge in [-0.25, -0.2) is 0 Å². The van der Waals surface area contributed by atoms with Crippen LogP contribution in [0.5, 0.6) is 0 Å². The number of aryl methyl sites for hydroxylation is 1. The first kappa shape index (κ1) is 9.44. The number of aromatic nitrogens is 2. The zero-order valence-electron chi connectivity index (χ0n) is 8.57. The van der Waals surface area contributed by atoms with Gasteiger partial charge in [0.05, 0.1) is 5.92 Å². The Hall–Kier alpha value is -1.12. The van der Waals surface area contributed by atoms with Crippen molar-refractivity contribution in [1.29, 1.82) is 0 Å². The van der Waals surface area contributed by atoms with E-state index in [2.05, 4.69) is 12.0 Å². The molecule has 1 heterocycles. The van der Waals surface area contributed by atoms with E-state index < -0.39 is 0 Å². The van der Waals surface area contributed by atoms with E-state index in [-0.39, 0.29) is 5.92 Å². The molecule has 0 bridgehead atoms. The molecule has 3 nitrogen and oxygen atoms in total. The molecule has 1 fully saturated rings. The van der Waals surface area contributed by atoms with Gasteiger partial charge in [-0.05, 0) is 25.8 Å². The van der Waals surface area contributed by atoms with E-state index in [9.17, 15) is 4.79 Å². The maximum atomic E-state index is 11.7. The molecule has 1 atom stereocenters. The summed E-state index contributed by atoms with van der Waals surface area (Å²) < 4.78 is 1.94. The Morgan fingerprint density at radius 2 is 2.43 bits per heavy atom. The Morgan fingerprint density at radius 1 is 1.57 bits per heavy atom. The third-order valence-corrected chi connectivity index (χ3v) is 2.96. The van der Waals surface area contributed by atoms with Gasteiger partial charge >= 0.3 is 0 Å².